The van der Waals surface area contributed by atoms with Crippen LogP contribution in [0.5, 0.6) is 0 Å². The maximum atomic E-state index is 11.7. The molecule has 2 saturated heterocycles. The molecule has 2 heterocycles. The lowest BCUT2D eigenvalue weighted by Crippen LogP contribution is -2.52. The van der Waals surface area contributed by atoms with E-state index in [9.17, 15) is 16.8 Å². The summed E-state index contributed by atoms with van der Waals surface area (Å²) in [5.41, 5.74) is 0. The Balaban J connectivity index is 1.92. The molecule has 0 amide bonds. The minimum atomic E-state index is -3.10. The minimum absolute atomic E-state index is 0.0847. The molecule has 6 nitrogen and oxygen atoms in total. The van der Waals surface area contributed by atoms with E-state index in [1.54, 1.807) is 6.92 Å². The normalized spacial score (nSPS) is 30.6. The molecule has 2 rings (SSSR count). The van der Waals surface area contributed by atoms with Gasteiger partial charge in [0.25, 0.3) is 0 Å². The Morgan fingerprint density at radius 1 is 1.17 bits per heavy atom. The molecule has 2 aliphatic heterocycles. The van der Waals surface area contributed by atoms with Crippen LogP contribution in [-0.2, 0) is 19.9 Å². The van der Waals surface area contributed by atoms with Crippen molar-refractivity contribution in [3.63, 3.8) is 0 Å². The maximum Gasteiger partial charge on any atom is 0.213 e. The first-order valence-corrected chi connectivity index (χ1v) is 9.69. The summed E-state index contributed by atoms with van der Waals surface area (Å²) in [6, 6.07) is 0.0847. The fourth-order valence-electron chi connectivity index (χ4n) is 2.59. The number of hydrogen-bond acceptors (Lipinski definition) is 5. The summed E-state index contributed by atoms with van der Waals surface area (Å²) in [6.45, 7) is 3.88. The predicted octanol–water partition coefficient (Wildman–Crippen LogP) is -0.859. The van der Waals surface area contributed by atoms with Crippen LogP contribution in [0.2, 0.25) is 0 Å². The molecule has 0 aromatic carbocycles. The zero-order chi connectivity index (χ0) is 13.4. The van der Waals surface area contributed by atoms with Gasteiger partial charge < -0.3 is 0 Å². The third-order valence-electron chi connectivity index (χ3n) is 3.76. The lowest BCUT2D eigenvalue weighted by Gasteiger charge is -2.36. The first-order valence-electron chi connectivity index (χ1n) is 6.26. The van der Waals surface area contributed by atoms with E-state index in [2.05, 4.69) is 4.90 Å². The Morgan fingerprint density at radius 2 is 1.78 bits per heavy atom. The van der Waals surface area contributed by atoms with E-state index in [1.807, 2.05) is 0 Å². The molecule has 0 aromatic heterocycles. The molecule has 0 saturated carbocycles. The number of hydrogen-bond donors (Lipinski definition) is 0. The van der Waals surface area contributed by atoms with Gasteiger partial charge in [-0.15, -0.1) is 0 Å². The highest BCUT2D eigenvalue weighted by atomic mass is 32.2. The van der Waals surface area contributed by atoms with Crippen molar-refractivity contribution in [3.8, 4) is 0 Å². The molecule has 1 atom stereocenters. The number of sulfone groups is 1. The molecule has 0 aliphatic carbocycles. The Morgan fingerprint density at radius 3 is 2.22 bits per heavy atom. The molecule has 0 spiro atoms. The van der Waals surface area contributed by atoms with E-state index >= 15 is 0 Å². The van der Waals surface area contributed by atoms with Crippen LogP contribution in [0.25, 0.3) is 0 Å². The van der Waals surface area contributed by atoms with Gasteiger partial charge in [-0.05, 0) is 13.3 Å². The van der Waals surface area contributed by atoms with E-state index in [4.69, 9.17) is 0 Å². The Hall–Kier alpha value is -0.180. The van der Waals surface area contributed by atoms with E-state index in [-0.39, 0.29) is 23.3 Å². The third kappa shape index (κ3) is 3.04. The molecule has 18 heavy (non-hydrogen) atoms. The van der Waals surface area contributed by atoms with Crippen molar-refractivity contribution in [1.82, 2.24) is 9.21 Å². The second kappa shape index (κ2) is 5.07. The molecule has 0 bridgehead atoms. The van der Waals surface area contributed by atoms with Gasteiger partial charge in [0.2, 0.25) is 10.0 Å². The summed E-state index contributed by atoms with van der Waals surface area (Å²) in [7, 11) is -5.97. The van der Waals surface area contributed by atoms with Gasteiger partial charge in [-0.3, -0.25) is 4.90 Å². The zero-order valence-corrected chi connectivity index (χ0v) is 12.2. The molecule has 2 fully saturated rings. The average molecular weight is 296 g/mol. The molecule has 0 aromatic rings. The first-order chi connectivity index (χ1) is 8.34. The molecule has 1 unspecified atom stereocenters. The standard InChI is InChI=1S/C10H20N2O4S2/c1-2-18(15,16)12-6-4-11(5-7-12)10-3-8-17(13,14)9-10/h10H,2-9H2,1H3. The molecular weight excluding hydrogens is 276 g/mol. The van der Waals surface area contributed by atoms with Gasteiger partial charge in [-0.1, -0.05) is 0 Å². The molecule has 106 valence electrons. The Bertz CT molecular complexity index is 492. The van der Waals surface area contributed by atoms with E-state index < -0.39 is 19.9 Å². The maximum absolute atomic E-state index is 11.7. The average Bonchev–Trinajstić information content (AvgIpc) is 2.70. The van der Waals surface area contributed by atoms with Crippen molar-refractivity contribution in [1.29, 1.82) is 0 Å². The Labute approximate surface area is 109 Å². The van der Waals surface area contributed by atoms with E-state index in [0.29, 0.717) is 32.6 Å². The highest BCUT2D eigenvalue weighted by molar-refractivity contribution is 7.91. The second-order valence-electron chi connectivity index (χ2n) is 4.89. The smallest absolute Gasteiger partial charge is 0.213 e. The highest BCUT2D eigenvalue weighted by Gasteiger charge is 2.35. The molecule has 8 heteroatoms. The monoisotopic (exact) mass is 296 g/mol. The van der Waals surface area contributed by atoms with Crippen LogP contribution >= 0.6 is 0 Å². The largest absolute Gasteiger partial charge is 0.297 e. The van der Waals surface area contributed by atoms with Gasteiger partial charge >= 0.3 is 0 Å². The van der Waals surface area contributed by atoms with E-state index in [1.165, 1.54) is 4.31 Å². The summed E-state index contributed by atoms with van der Waals surface area (Å²) in [5, 5.41) is 0. The summed E-state index contributed by atoms with van der Waals surface area (Å²) in [6.07, 6.45) is 0.683. The van der Waals surface area contributed by atoms with Gasteiger partial charge in [0.05, 0.1) is 17.3 Å². The van der Waals surface area contributed by atoms with Crippen LogP contribution in [0.15, 0.2) is 0 Å². The molecular formula is C10H20N2O4S2. The number of piperazine rings is 1. The van der Waals surface area contributed by atoms with Gasteiger partial charge in [0.15, 0.2) is 9.84 Å². The molecule has 0 radical (unpaired) electrons. The van der Waals surface area contributed by atoms with Gasteiger partial charge in [0, 0.05) is 32.2 Å². The minimum Gasteiger partial charge on any atom is -0.297 e. The second-order valence-corrected chi connectivity index (χ2v) is 9.38. The number of rotatable bonds is 3. The topological polar surface area (TPSA) is 74.8 Å². The SMILES string of the molecule is CCS(=O)(=O)N1CCN(C2CCS(=O)(=O)C2)CC1. The van der Waals surface area contributed by atoms with Crippen molar-refractivity contribution >= 4 is 19.9 Å². The summed E-state index contributed by atoms with van der Waals surface area (Å²) in [5.74, 6) is 0.628. The lowest BCUT2D eigenvalue weighted by molar-refractivity contribution is 0.148. The van der Waals surface area contributed by atoms with Crippen molar-refractivity contribution < 1.29 is 16.8 Å². The van der Waals surface area contributed by atoms with Crippen LogP contribution in [0.3, 0.4) is 0 Å². The van der Waals surface area contributed by atoms with Gasteiger partial charge in [-0.25, -0.2) is 16.8 Å². The molecule has 2 aliphatic rings. The molecule has 0 N–H and O–H groups in total. The lowest BCUT2D eigenvalue weighted by atomic mass is 10.2. The summed E-state index contributed by atoms with van der Waals surface area (Å²) in [4.78, 5) is 2.12. The summed E-state index contributed by atoms with van der Waals surface area (Å²) >= 11 is 0. The number of sulfonamides is 1. The van der Waals surface area contributed by atoms with Crippen molar-refractivity contribution in [2.45, 2.75) is 19.4 Å². The third-order valence-corrected chi connectivity index (χ3v) is 7.39. The van der Waals surface area contributed by atoms with Gasteiger partial charge in [0.1, 0.15) is 0 Å². The fraction of sp³-hybridized carbons (Fsp3) is 1.00. The van der Waals surface area contributed by atoms with Crippen LogP contribution in [0.1, 0.15) is 13.3 Å². The fourth-order valence-corrected chi connectivity index (χ4v) is 5.44. The van der Waals surface area contributed by atoms with Gasteiger partial charge in [-0.2, -0.15) is 4.31 Å². The van der Waals surface area contributed by atoms with Crippen molar-refractivity contribution in [2.75, 3.05) is 43.4 Å². The van der Waals surface area contributed by atoms with Crippen molar-refractivity contribution in [3.05, 3.63) is 0 Å². The van der Waals surface area contributed by atoms with Crippen molar-refractivity contribution in [2.24, 2.45) is 0 Å². The summed E-state index contributed by atoms with van der Waals surface area (Å²) < 4.78 is 47.7. The van der Waals surface area contributed by atoms with Crippen LogP contribution in [0, 0.1) is 0 Å². The van der Waals surface area contributed by atoms with E-state index in [0.717, 1.165) is 0 Å². The highest BCUT2D eigenvalue weighted by Crippen LogP contribution is 2.20. The van der Waals surface area contributed by atoms with Crippen LogP contribution in [0.4, 0.5) is 0 Å². The van der Waals surface area contributed by atoms with Crippen LogP contribution < -0.4 is 0 Å². The zero-order valence-electron chi connectivity index (χ0n) is 10.6. The quantitative estimate of drug-likeness (QED) is 0.677. The number of nitrogens with zero attached hydrogens (tertiary/aromatic N) is 2. The predicted molar refractivity (Wildman–Crippen MR) is 69.7 cm³/mol. The van der Waals surface area contributed by atoms with Crippen LogP contribution in [-0.4, -0.2) is 75.5 Å². The Kier molecular flexibility index (Phi) is 4.01. The first kappa shape index (κ1) is 14.2.